The number of nitrogens with one attached hydrogen (secondary N) is 2. The largest absolute Gasteiger partial charge is 0.444 e. The number of ether oxygens (including phenoxy) is 1. The second kappa shape index (κ2) is 6.75. The SMILES string of the molecule is CC(C)(C)OC(=O)NCC1CC2(C1)CC(NCc1ccccc1)C2. The fourth-order valence-electron chi connectivity index (χ4n) is 4.17. The summed E-state index contributed by atoms with van der Waals surface area (Å²) < 4.78 is 5.28. The Labute approximate surface area is 145 Å². The Hall–Kier alpha value is -1.55. The van der Waals surface area contributed by atoms with Crippen LogP contribution in [0.25, 0.3) is 0 Å². The van der Waals surface area contributed by atoms with Crippen LogP contribution in [0.5, 0.6) is 0 Å². The number of carbonyl (C=O) groups is 1. The lowest BCUT2D eigenvalue weighted by Crippen LogP contribution is -2.56. The summed E-state index contributed by atoms with van der Waals surface area (Å²) in [7, 11) is 0. The molecule has 2 fully saturated rings. The summed E-state index contributed by atoms with van der Waals surface area (Å²) in [5.41, 5.74) is 1.48. The molecule has 4 heteroatoms. The molecule has 0 bridgehead atoms. The van der Waals surface area contributed by atoms with Crippen molar-refractivity contribution < 1.29 is 9.53 Å². The number of carbonyl (C=O) groups excluding carboxylic acids is 1. The minimum absolute atomic E-state index is 0.292. The number of hydrogen-bond acceptors (Lipinski definition) is 3. The van der Waals surface area contributed by atoms with E-state index in [1.54, 1.807) is 0 Å². The number of benzene rings is 1. The van der Waals surface area contributed by atoms with Gasteiger partial charge in [0.25, 0.3) is 0 Å². The lowest BCUT2D eigenvalue weighted by molar-refractivity contribution is -0.0494. The molecule has 0 saturated heterocycles. The van der Waals surface area contributed by atoms with E-state index >= 15 is 0 Å². The van der Waals surface area contributed by atoms with E-state index in [1.807, 2.05) is 20.8 Å². The fraction of sp³-hybridized carbons (Fsp3) is 0.650. The normalized spacial score (nSPS) is 28.8. The van der Waals surface area contributed by atoms with Crippen molar-refractivity contribution in [3.05, 3.63) is 35.9 Å². The number of hydrogen-bond donors (Lipinski definition) is 2. The van der Waals surface area contributed by atoms with Gasteiger partial charge < -0.3 is 15.4 Å². The smallest absolute Gasteiger partial charge is 0.407 e. The van der Waals surface area contributed by atoms with E-state index in [-0.39, 0.29) is 6.09 Å². The van der Waals surface area contributed by atoms with E-state index < -0.39 is 5.60 Å². The van der Waals surface area contributed by atoms with Crippen LogP contribution in [0.3, 0.4) is 0 Å². The first-order valence-electron chi connectivity index (χ1n) is 9.08. The van der Waals surface area contributed by atoms with Crippen molar-refractivity contribution in [2.24, 2.45) is 11.3 Å². The molecular formula is C20H30N2O2. The van der Waals surface area contributed by atoms with Gasteiger partial charge >= 0.3 is 6.09 Å². The molecule has 0 unspecified atom stereocenters. The van der Waals surface area contributed by atoms with Gasteiger partial charge in [0.2, 0.25) is 0 Å². The maximum atomic E-state index is 11.7. The van der Waals surface area contributed by atoms with Gasteiger partial charge in [-0.25, -0.2) is 4.79 Å². The van der Waals surface area contributed by atoms with Gasteiger partial charge in [0.15, 0.2) is 0 Å². The van der Waals surface area contributed by atoms with Crippen LogP contribution in [0.2, 0.25) is 0 Å². The maximum Gasteiger partial charge on any atom is 0.407 e. The number of rotatable bonds is 5. The minimum Gasteiger partial charge on any atom is -0.444 e. The first kappa shape index (κ1) is 17.3. The lowest BCUT2D eigenvalue weighted by Gasteiger charge is -2.58. The lowest BCUT2D eigenvalue weighted by atomic mass is 9.50. The van der Waals surface area contributed by atoms with Crippen molar-refractivity contribution in [1.82, 2.24) is 10.6 Å². The molecule has 4 nitrogen and oxygen atoms in total. The highest BCUT2D eigenvalue weighted by atomic mass is 16.6. The van der Waals surface area contributed by atoms with E-state index in [0.717, 1.165) is 13.1 Å². The molecule has 0 aliphatic heterocycles. The Morgan fingerprint density at radius 1 is 1.17 bits per heavy atom. The standard InChI is InChI=1S/C20H30N2O2/c1-19(2,3)24-18(23)22-14-16-9-20(10-16)11-17(12-20)21-13-15-7-5-4-6-8-15/h4-8,16-17,21H,9-14H2,1-3H3,(H,22,23). The molecule has 0 atom stereocenters. The Kier molecular flexibility index (Phi) is 4.86. The van der Waals surface area contributed by atoms with Crippen LogP contribution in [0, 0.1) is 11.3 Å². The number of alkyl carbamates (subject to hydrolysis) is 1. The average Bonchev–Trinajstić information content (AvgIpc) is 2.42. The molecule has 132 valence electrons. The highest BCUT2D eigenvalue weighted by Crippen LogP contribution is 2.58. The van der Waals surface area contributed by atoms with Crippen molar-refractivity contribution in [3.63, 3.8) is 0 Å². The number of amides is 1. The molecule has 0 radical (unpaired) electrons. The highest BCUT2D eigenvalue weighted by Gasteiger charge is 2.52. The molecule has 24 heavy (non-hydrogen) atoms. The summed E-state index contributed by atoms with van der Waals surface area (Å²) in [4.78, 5) is 11.7. The summed E-state index contributed by atoms with van der Waals surface area (Å²) in [6.45, 7) is 7.38. The van der Waals surface area contributed by atoms with Gasteiger partial charge in [0.05, 0.1) is 0 Å². The molecule has 2 aliphatic rings. The Morgan fingerprint density at radius 3 is 2.46 bits per heavy atom. The van der Waals surface area contributed by atoms with E-state index in [0.29, 0.717) is 17.4 Å². The zero-order chi connectivity index (χ0) is 17.2. The van der Waals surface area contributed by atoms with Crippen LogP contribution in [0.15, 0.2) is 30.3 Å². The summed E-state index contributed by atoms with van der Waals surface area (Å²) in [6, 6.07) is 11.2. The Morgan fingerprint density at radius 2 is 1.83 bits per heavy atom. The third kappa shape index (κ3) is 4.50. The predicted octanol–water partition coefficient (Wildman–Crippen LogP) is 3.86. The van der Waals surface area contributed by atoms with Gasteiger partial charge in [0.1, 0.15) is 5.60 Å². The van der Waals surface area contributed by atoms with Crippen LogP contribution in [0.1, 0.15) is 52.0 Å². The molecule has 0 aromatic heterocycles. The molecule has 2 saturated carbocycles. The maximum absolute atomic E-state index is 11.7. The third-order valence-corrected chi connectivity index (χ3v) is 5.17. The Balaban J connectivity index is 1.29. The molecule has 3 rings (SSSR count). The molecule has 0 heterocycles. The van der Waals surface area contributed by atoms with E-state index in [2.05, 4.69) is 41.0 Å². The first-order chi connectivity index (χ1) is 11.3. The van der Waals surface area contributed by atoms with Gasteiger partial charge in [-0.05, 0) is 63.4 Å². The van der Waals surface area contributed by atoms with Crippen molar-refractivity contribution >= 4 is 6.09 Å². The summed E-state index contributed by atoms with van der Waals surface area (Å²) in [5.74, 6) is 0.618. The molecule has 2 N–H and O–H groups in total. The molecular weight excluding hydrogens is 300 g/mol. The summed E-state index contributed by atoms with van der Waals surface area (Å²) in [5, 5.41) is 6.57. The minimum atomic E-state index is -0.420. The highest BCUT2D eigenvalue weighted by molar-refractivity contribution is 5.67. The van der Waals surface area contributed by atoms with E-state index in [9.17, 15) is 4.79 Å². The average molecular weight is 330 g/mol. The van der Waals surface area contributed by atoms with Gasteiger partial charge in [0, 0.05) is 19.1 Å². The predicted molar refractivity (Wildman–Crippen MR) is 95.7 cm³/mol. The molecule has 1 amide bonds. The van der Waals surface area contributed by atoms with Gasteiger partial charge in [-0.15, -0.1) is 0 Å². The summed E-state index contributed by atoms with van der Waals surface area (Å²) in [6.07, 6.45) is 4.75. The molecule has 2 aliphatic carbocycles. The topological polar surface area (TPSA) is 50.4 Å². The quantitative estimate of drug-likeness (QED) is 0.862. The molecule has 1 aromatic carbocycles. The Bertz CT molecular complexity index is 551. The zero-order valence-corrected chi connectivity index (χ0v) is 15.1. The van der Waals surface area contributed by atoms with Crippen LogP contribution < -0.4 is 10.6 Å². The fourth-order valence-corrected chi connectivity index (χ4v) is 4.17. The first-order valence-corrected chi connectivity index (χ1v) is 9.08. The van der Waals surface area contributed by atoms with E-state index in [1.165, 1.54) is 31.2 Å². The van der Waals surface area contributed by atoms with Crippen LogP contribution in [0.4, 0.5) is 4.79 Å². The van der Waals surface area contributed by atoms with E-state index in [4.69, 9.17) is 4.74 Å². The van der Waals surface area contributed by atoms with Crippen LogP contribution in [-0.4, -0.2) is 24.3 Å². The summed E-state index contributed by atoms with van der Waals surface area (Å²) >= 11 is 0. The van der Waals surface area contributed by atoms with Gasteiger partial charge in [-0.3, -0.25) is 0 Å². The zero-order valence-electron chi connectivity index (χ0n) is 15.1. The van der Waals surface area contributed by atoms with Crippen LogP contribution in [-0.2, 0) is 11.3 Å². The monoisotopic (exact) mass is 330 g/mol. The van der Waals surface area contributed by atoms with Crippen LogP contribution >= 0.6 is 0 Å². The van der Waals surface area contributed by atoms with Crippen molar-refractivity contribution in [2.75, 3.05) is 6.54 Å². The van der Waals surface area contributed by atoms with Gasteiger partial charge in [-0.1, -0.05) is 30.3 Å². The second-order valence-corrected chi connectivity index (χ2v) is 8.63. The third-order valence-electron chi connectivity index (χ3n) is 5.17. The van der Waals surface area contributed by atoms with Gasteiger partial charge in [-0.2, -0.15) is 0 Å². The van der Waals surface area contributed by atoms with Crippen molar-refractivity contribution in [1.29, 1.82) is 0 Å². The molecule has 1 spiro atoms. The second-order valence-electron chi connectivity index (χ2n) is 8.63. The molecule has 1 aromatic rings. The van der Waals surface area contributed by atoms with Crippen molar-refractivity contribution in [3.8, 4) is 0 Å². The van der Waals surface area contributed by atoms with Crippen molar-refractivity contribution in [2.45, 2.75) is 64.6 Å².